The molecule has 1 aromatic rings. The number of hydrogen-bond donors (Lipinski definition) is 1. The molecule has 4 heteroatoms. The molecule has 0 saturated heterocycles. The van der Waals surface area contributed by atoms with E-state index in [4.69, 9.17) is 9.97 Å². The summed E-state index contributed by atoms with van der Waals surface area (Å²) in [7, 11) is 2.17. The average Bonchev–Trinajstić information content (AvgIpc) is 3.29. The minimum Gasteiger partial charge on any atom is -0.370 e. The molecule has 0 atom stereocenters. The summed E-state index contributed by atoms with van der Waals surface area (Å²) in [6.45, 7) is 6.45. The molecule has 2 aliphatic carbocycles. The standard InChI is InChI=1S/C16H26N4/c1-4-9-17-14-11(2)16(20(3)10-12-5-6-12)19-15(18-14)13-7-8-13/h12-13H,4-10H2,1-3H3,(H,17,18,19). The molecule has 0 radical (unpaired) electrons. The van der Waals surface area contributed by atoms with Crippen molar-refractivity contribution in [3.8, 4) is 0 Å². The fourth-order valence-corrected chi connectivity index (χ4v) is 2.61. The van der Waals surface area contributed by atoms with Crippen molar-refractivity contribution in [2.24, 2.45) is 5.92 Å². The summed E-state index contributed by atoms with van der Waals surface area (Å²) in [5.74, 6) is 4.71. The monoisotopic (exact) mass is 274 g/mol. The van der Waals surface area contributed by atoms with Crippen LogP contribution in [0.3, 0.4) is 0 Å². The van der Waals surface area contributed by atoms with Gasteiger partial charge in [0, 0.05) is 31.6 Å². The second-order valence-corrected chi connectivity index (χ2v) is 6.40. The first kappa shape index (κ1) is 13.7. The van der Waals surface area contributed by atoms with Gasteiger partial charge in [0.25, 0.3) is 0 Å². The predicted octanol–water partition coefficient (Wildman–Crippen LogP) is 3.33. The molecule has 1 aromatic heterocycles. The van der Waals surface area contributed by atoms with Gasteiger partial charge in [0.05, 0.1) is 0 Å². The lowest BCUT2D eigenvalue weighted by molar-refractivity contribution is 0.764. The Kier molecular flexibility index (Phi) is 3.81. The zero-order valence-corrected chi connectivity index (χ0v) is 12.9. The minimum absolute atomic E-state index is 0.603. The van der Waals surface area contributed by atoms with E-state index in [1.165, 1.54) is 31.2 Å². The highest BCUT2D eigenvalue weighted by Crippen LogP contribution is 2.40. The third-order valence-electron chi connectivity index (χ3n) is 4.21. The van der Waals surface area contributed by atoms with Crippen LogP contribution in [-0.4, -0.2) is 30.1 Å². The van der Waals surface area contributed by atoms with Gasteiger partial charge < -0.3 is 10.2 Å². The van der Waals surface area contributed by atoms with Crippen molar-refractivity contribution in [1.82, 2.24) is 9.97 Å². The minimum atomic E-state index is 0.603. The Labute approximate surface area is 122 Å². The molecule has 20 heavy (non-hydrogen) atoms. The van der Waals surface area contributed by atoms with E-state index in [9.17, 15) is 0 Å². The Balaban J connectivity index is 1.86. The van der Waals surface area contributed by atoms with Crippen LogP contribution in [0.5, 0.6) is 0 Å². The lowest BCUT2D eigenvalue weighted by Gasteiger charge is -2.22. The zero-order chi connectivity index (χ0) is 14.1. The van der Waals surface area contributed by atoms with E-state index in [2.05, 4.69) is 31.1 Å². The normalized spacial score (nSPS) is 18.1. The maximum atomic E-state index is 4.86. The van der Waals surface area contributed by atoms with Crippen LogP contribution in [0.1, 0.15) is 56.3 Å². The SMILES string of the molecule is CCCNc1nc(C2CC2)nc(N(C)CC2CC2)c1C. The smallest absolute Gasteiger partial charge is 0.137 e. The van der Waals surface area contributed by atoms with Crippen LogP contribution in [0.2, 0.25) is 0 Å². The van der Waals surface area contributed by atoms with E-state index in [0.29, 0.717) is 5.92 Å². The Morgan fingerprint density at radius 2 is 1.95 bits per heavy atom. The summed E-state index contributed by atoms with van der Waals surface area (Å²) in [5, 5.41) is 3.47. The third kappa shape index (κ3) is 3.05. The van der Waals surface area contributed by atoms with Gasteiger partial charge in [-0.25, -0.2) is 9.97 Å². The van der Waals surface area contributed by atoms with Gasteiger partial charge in [-0.1, -0.05) is 6.92 Å². The lowest BCUT2D eigenvalue weighted by atomic mass is 10.2. The van der Waals surface area contributed by atoms with E-state index in [1.54, 1.807) is 0 Å². The molecular formula is C16H26N4. The average molecular weight is 274 g/mol. The van der Waals surface area contributed by atoms with Gasteiger partial charge in [-0.2, -0.15) is 0 Å². The predicted molar refractivity (Wildman–Crippen MR) is 83.5 cm³/mol. The molecule has 2 fully saturated rings. The molecule has 1 N–H and O–H groups in total. The van der Waals surface area contributed by atoms with Crippen molar-refractivity contribution in [2.75, 3.05) is 30.4 Å². The van der Waals surface area contributed by atoms with Crippen molar-refractivity contribution in [3.63, 3.8) is 0 Å². The van der Waals surface area contributed by atoms with Crippen LogP contribution in [0.4, 0.5) is 11.6 Å². The highest BCUT2D eigenvalue weighted by molar-refractivity contribution is 5.58. The fraction of sp³-hybridized carbons (Fsp3) is 0.750. The first-order valence-corrected chi connectivity index (χ1v) is 8.02. The van der Waals surface area contributed by atoms with Gasteiger partial charge >= 0.3 is 0 Å². The second kappa shape index (κ2) is 5.58. The second-order valence-electron chi connectivity index (χ2n) is 6.40. The van der Waals surface area contributed by atoms with E-state index < -0.39 is 0 Å². The van der Waals surface area contributed by atoms with Crippen molar-refractivity contribution >= 4 is 11.6 Å². The van der Waals surface area contributed by atoms with Crippen LogP contribution in [0, 0.1) is 12.8 Å². The molecule has 2 aliphatic rings. The highest BCUT2D eigenvalue weighted by Gasteiger charge is 2.30. The van der Waals surface area contributed by atoms with Gasteiger partial charge in [-0.15, -0.1) is 0 Å². The Morgan fingerprint density at radius 3 is 2.55 bits per heavy atom. The van der Waals surface area contributed by atoms with Crippen molar-refractivity contribution in [3.05, 3.63) is 11.4 Å². The van der Waals surface area contributed by atoms with E-state index in [-0.39, 0.29) is 0 Å². The zero-order valence-electron chi connectivity index (χ0n) is 12.9. The number of nitrogens with zero attached hydrogens (tertiary/aromatic N) is 3. The molecule has 1 heterocycles. The summed E-state index contributed by atoms with van der Waals surface area (Å²) in [6.07, 6.45) is 6.38. The van der Waals surface area contributed by atoms with E-state index in [1.807, 2.05) is 0 Å². The van der Waals surface area contributed by atoms with Gasteiger partial charge in [-0.3, -0.25) is 0 Å². The molecule has 0 aliphatic heterocycles. The number of anilines is 2. The summed E-state index contributed by atoms with van der Waals surface area (Å²) in [5.41, 5.74) is 1.20. The summed E-state index contributed by atoms with van der Waals surface area (Å²) < 4.78 is 0. The molecule has 0 amide bonds. The fourth-order valence-electron chi connectivity index (χ4n) is 2.61. The number of hydrogen-bond acceptors (Lipinski definition) is 4. The molecule has 110 valence electrons. The summed E-state index contributed by atoms with van der Waals surface area (Å²) in [6, 6.07) is 0. The summed E-state index contributed by atoms with van der Waals surface area (Å²) in [4.78, 5) is 12.0. The number of aromatic nitrogens is 2. The van der Waals surface area contributed by atoms with Gasteiger partial charge in [0.15, 0.2) is 0 Å². The van der Waals surface area contributed by atoms with E-state index in [0.717, 1.165) is 42.9 Å². The first-order valence-electron chi connectivity index (χ1n) is 8.02. The molecule has 0 unspecified atom stereocenters. The molecule has 4 nitrogen and oxygen atoms in total. The van der Waals surface area contributed by atoms with Crippen molar-refractivity contribution < 1.29 is 0 Å². The maximum Gasteiger partial charge on any atom is 0.137 e. The van der Waals surface area contributed by atoms with Crippen LogP contribution in [-0.2, 0) is 0 Å². The largest absolute Gasteiger partial charge is 0.370 e. The quantitative estimate of drug-likeness (QED) is 0.828. The number of rotatable bonds is 7. The van der Waals surface area contributed by atoms with Gasteiger partial charge in [-0.05, 0) is 44.9 Å². The van der Waals surface area contributed by atoms with Crippen molar-refractivity contribution in [1.29, 1.82) is 0 Å². The Morgan fingerprint density at radius 1 is 1.20 bits per heavy atom. The Hall–Kier alpha value is -1.32. The summed E-state index contributed by atoms with van der Waals surface area (Å²) >= 11 is 0. The maximum absolute atomic E-state index is 4.86. The Bertz CT molecular complexity index is 478. The highest BCUT2D eigenvalue weighted by atomic mass is 15.2. The van der Waals surface area contributed by atoms with Crippen LogP contribution in [0.25, 0.3) is 0 Å². The molecule has 0 spiro atoms. The van der Waals surface area contributed by atoms with Gasteiger partial charge in [0.1, 0.15) is 17.5 Å². The molecule has 0 aromatic carbocycles. The molecule has 3 rings (SSSR count). The van der Waals surface area contributed by atoms with Crippen LogP contribution >= 0.6 is 0 Å². The van der Waals surface area contributed by atoms with Gasteiger partial charge in [0.2, 0.25) is 0 Å². The lowest BCUT2D eigenvalue weighted by Crippen LogP contribution is -2.23. The van der Waals surface area contributed by atoms with Crippen LogP contribution < -0.4 is 10.2 Å². The first-order chi connectivity index (χ1) is 9.69. The molecule has 0 bridgehead atoms. The van der Waals surface area contributed by atoms with Crippen molar-refractivity contribution in [2.45, 2.75) is 51.9 Å². The molecule has 2 saturated carbocycles. The van der Waals surface area contributed by atoms with Crippen LogP contribution in [0.15, 0.2) is 0 Å². The third-order valence-corrected chi connectivity index (χ3v) is 4.21. The number of nitrogens with one attached hydrogen (secondary N) is 1. The molecular weight excluding hydrogens is 248 g/mol. The van der Waals surface area contributed by atoms with E-state index >= 15 is 0 Å². The topological polar surface area (TPSA) is 41.1 Å².